The number of amides is 1. The number of halogens is 2. The van der Waals surface area contributed by atoms with Gasteiger partial charge in [-0.25, -0.2) is 4.39 Å². The summed E-state index contributed by atoms with van der Waals surface area (Å²) in [5.41, 5.74) is 0.0532. The predicted octanol–water partition coefficient (Wildman–Crippen LogP) is 3.87. The van der Waals surface area contributed by atoms with Gasteiger partial charge in [0.1, 0.15) is 11.1 Å². The number of nitrogens with one attached hydrogen (secondary N) is 1. The molecule has 7 heteroatoms. The van der Waals surface area contributed by atoms with E-state index in [0.717, 1.165) is 17.8 Å². The first-order valence-corrected chi connectivity index (χ1v) is 7.68. The third-order valence-corrected chi connectivity index (χ3v) is 4.17. The molecule has 0 bridgehead atoms. The van der Waals surface area contributed by atoms with Crippen molar-refractivity contribution in [2.24, 2.45) is 0 Å². The molecule has 0 aliphatic heterocycles. The van der Waals surface area contributed by atoms with Crippen molar-refractivity contribution in [2.45, 2.75) is 36.8 Å². The molecular weight excluding hydrogens is 317 g/mol. The number of carbonyl (C=O) groups excluding carboxylic acids is 2. The number of esters is 1. The van der Waals surface area contributed by atoms with Crippen molar-refractivity contribution in [3.05, 3.63) is 23.0 Å². The van der Waals surface area contributed by atoms with Gasteiger partial charge < -0.3 is 10.1 Å². The van der Waals surface area contributed by atoms with E-state index in [4.69, 9.17) is 11.6 Å². The molecule has 21 heavy (non-hydrogen) atoms. The van der Waals surface area contributed by atoms with Crippen LogP contribution in [0.2, 0.25) is 5.02 Å². The highest BCUT2D eigenvalue weighted by molar-refractivity contribution is 8.00. The predicted molar refractivity (Wildman–Crippen MR) is 82.3 cm³/mol. The summed E-state index contributed by atoms with van der Waals surface area (Å²) in [6.45, 7) is 3.52. The normalized spacial score (nSPS) is 11.9. The monoisotopic (exact) mass is 333 g/mol. The third kappa shape index (κ3) is 5.21. The maximum absolute atomic E-state index is 13.8. The molecule has 0 aromatic heterocycles. The second-order valence-electron chi connectivity index (χ2n) is 4.34. The quantitative estimate of drug-likeness (QED) is 0.634. The maximum Gasteiger partial charge on any atom is 0.318 e. The average Bonchev–Trinajstić information content (AvgIpc) is 2.43. The van der Waals surface area contributed by atoms with Crippen LogP contribution in [0.3, 0.4) is 0 Å². The smallest absolute Gasteiger partial charge is 0.318 e. The molecule has 0 saturated carbocycles. The number of benzene rings is 1. The van der Waals surface area contributed by atoms with Gasteiger partial charge in [0, 0.05) is 11.3 Å². The fourth-order valence-electron chi connectivity index (χ4n) is 1.56. The van der Waals surface area contributed by atoms with E-state index in [1.807, 2.05) is 6.92 Å². The van der Waals surface area contributed by atoms with E-state index in [1.54, 1.807) is 6.92 Å². The van der Waals surface area contributed by atoms with Crippen molar-refractivity contribution < 1.29 is 18.7 Å². The maximum atomic E-state index is 13.8. The molecule has 0 saturated heterocycles. The van der Waals surface area contributed by atoms with E-state index in [2.05, 4.69) is 10.1 Å². The van der Waals surface area contributed by atoms with Crippen molar-refractivity contribution in [3.63, 3.8) is 0 Å². The fraction of sp³-hybridized carbons (Fsp3) is 0.429. The molecule has 1 unspecified atom stereocenters. The number of methoxy groups -OCH3 is 1. The van der Waals surface area contributed by atoms with Crippen molar-refractivity contribution in [1.29, 1.82) is 0 Å². The van der Waals surface area contributed by atoms with Crippen molar-refractivity contribution in [3.8, 4) is 0 Å². The van der Waals surface area contributed by atoms with Gasteiger partial charge in [-0.05, 0) is 25.5 Å². The van der Waals surface area contributed by atoms with E-state index in [1.165, 1.54) is 13.2 Å². The molecule has 1 rings (SSSR count). The number of ether oxygens (including phenoxy) is 1. The highest BCUT2D eigenvalue weighted by atomic mass is 35.5. The van der Waals surface area contributed by atoms with Gasteiger partial charge in [-0.1, -0.05) is 18.5 Å². The molecule has 1 aromatic carbocycles. The summed E-state index contributed by atoms with van der Waals surface area (Å²) in [5.74, 6) is -1.29. The number of hydrogen-bond donors (Lipinski definition) is 1. The number of thioether (sulfide) groups is 1. The Bertz CT molecular complexity index is 539. The average molecular weight is 334 g/mol. The number of anilines is 1. The Morgan fingerprint density at radius 2 is 2.14 bits per heavy atom. The van der Waals surface area contributed by atoms with Crippen LogP contribution in [0.25, 0.3) is 0 Å². The van der Waals surface area contributed by atoms with Crippen LogP contribution in [-0.4, -0.2) is 24.2 Å². The van der Waals surface area contributed by atoms with Crippen LogP contribution in [0, 0.1) is 5.82 Å². The summed E-state index contributed by atoms with van der Waals surface area (Å²) in [5, 5.41) is 2.19. The van der Waals surface area contributed by atoms with Crippen molar-refractivity contribution >= 4 is 40.9 Å². The lowest BCUT2D eigenvalue weighted by atomic mass is 10.2. The largest absolute Gasteiger partial charge is 0.468 e. The summed E-state index contributed by atoms with van der Waals surface area (Å²) in [7, 11) is 1.29. The van der Waals surface area contributed by atoms with Crippen LogP contribution >= 0.6 is 23.4 Å². The first-order valence-electron chi connectivity index (χ1n) is 6.42. The zero-order valence-corrected chi connectivity index (χ0v) is 13.6. The van der Waals surface area contributed by atoms with Gasteiger partial charge in [0.15, 0.2) is 0 Å². The van der Waals surface area contributed by atoms with Gasteiger partial charge >= 0.3 is 5.97 Å². The third-order valence-electron chi connectivity index (χ3n) is 2.61. The molecule has 0 aliphatic rings. The molecule has 0 radical (unpaired) electrons. The SMILES string of the molecule is CCCC(=O)Nc1cc(SC(C)C(=O)OC)c(Cl)cc1F. The van der Waals surface area contributed by atoms with Crippen LogP contribution in [0.5, 0.6) is 0 Å². The zero-order valence-electron chi connectivity index (χ0n) is 12.0. The summed E-state index contributed by atoms with van der Waals surface area (Å²) in [6.07, 6.45) is 0.977. The van der Waals surface area contributed by atoms with Crippen LogP contribution in [-0.2, 0) is 14.3 Å². The van der Waals surface area contributed by atoms with Gasteiger partial charge in [0.25, 0.3) is 0 Å². The second-order valence-corrected chi connectivity index (χ2v) is 6.13. The van der Waals surface area contributed by atoms with Gasteiger partial charge in [0.2, 0.25) is 5.91 Å². The highest BCUT2D eigenvalue weighted by Crippen LogP contribution is 2.34. The summed E-state index contributed by atoms with van der Waals surface area (Å²) in [6, 6.07) is 2.55. The fourth-order valence-corrected chi connectivity index (χ4v) is 2.77. The van der Waals surface area contributed by atoms with E-state index < -0.39 is 17.0 Å². The summed E-state index contributed by atoms with van der Waals surface area (Å²) < 4.78 is 18.4. The van der Waals surface area contributed by atoms with Crippen LogP contribution in [0.1, 0.15) is 26.7 Å². The molecule has 4 nitrogen and oxygen atoms in total. The molecule has 0 spiro atoms. The number of rotatable bonds is 6. The highest BCUT2D eigenvalue weighted by Gasteiger charge is 2.18. The number of hydrogen-bond acceptors (Lipinski definition) is 4. The van der Waals surface area contributed by atoms with Crippen molar-refractivity contribution in [2.75, 3.05) is 12.4 Å². The number of carbonyl (C=O) groups is 2. The first-order chi connectivity index (χ1) is 9.88. The standard InChI is InChI=1S/C14H17ClFNO3S/c1-4-5-13(18)17-11-7-12(9(15)6-10(11)16)21-8(2)14(19)20-3/h6-8H,4-5H2,1-3H3,(H,17,18). The summed E-state index contributed by atoms with van der Waals surface area (Å²) in [4.78, 5) is 23.5. The van der Waals surface area contributed by atoms with Crippen LogP contribution < -0.4 is 5.32 Å². The van der Waals surface area contributed by atoms with Crippen molar-refractivity contribution in [1.82, 2.24) is 0 Å². The van der Waals surface area contributed by atoms with Gasteiger partial charge in [-0.15, -0.1) is 11.8 Å². The Hall–Kier alpha value is -1.27. The van der Waals surface area contributed by atoms with E-state index in [0.29, 0.717) is 17.7 Å². The first kappa shape index (κ1) is 17.8. The minimum Gasteiger partial charge on any atom is -0.468 e. The lowest BCUT2D eigenvalue weighted by Crippen LogP contribution is -2.15. The lowest BCUT2D eigenvalue weighted by Gasteiger charge is -2.13. The molecule has 0 heterocycles. The Labute approximate surface area is 132 Å². The minimum atomic E-state index is -0.612. The Kier molecular flexibility index (Phi) is 6.98. The van der Waals surface area contributed by atoms with Crippen LogP contribution in [0.4, 0.5) is 10.1 Å². The second kappa shape index (κ2) is 8.24. The molecule has 1 N–H and O–H groups in total. The van der Waals surface area contributed by atoms with Gasteiger partial charge in [-0.3, -0.25) is 9.59 Å². The topological polar surface area (TPSA) is 55.4 Å². The lowest BCUT2D eigenvalue weighted by molar-refractivity contribution is -0.139. The molecule has 116 valence electrons. The molecule has 0 fully saturated rings. The van der Waals surface area contributed by atoms with Crippen LogP contribution in [0.15, 0.2) is 17.0 Å². The van der Waals surface area contributed by atoms with Gasteiger partial charge in [0.05, 0.1) is 17.8 Å². The van der Waals surface area contributed by atoms with E-state index in [9.17, 15) is 14.0 Å². The zero-order chi connectivity index (χ0) is 16.0. The van der Waals surface area contributed by atoms with E-state index in [-0.39, 0.29) is 16.6 Å². The Morgan fingerprint density at radius 1 is 1.48 bits per heavy atom. The minimum absolute atomic E-state index is 0.0532. The summed E-state index contributed by atoms with van der Waals surface area (Å²) >= 11 is 7.11. The molecule has 1 amide bonds. The van der Waals surface area contributed by atoms with E-state index >= 15 is 0 Å². The molecular formula is C14H17ClFNO3S. The molecule has 1 aromatic rings. The Balaban J connectivity index is 2.95. The molecule has 0 aliphatic carbocycles. The Morgan fingerprint density at radius 3 is 2.71 bits per heavy atom. The van der Waals surface area contributed by atoms with Gasteiger partial charge in [-0.2, -0.15) is 0 Å². The molecule has 1 atom stereocenters.